The average molecular weight is 481 g/mol. The minimum atomic E-state index is 0.677. The largest absolute Gasteiger partial charge is 0.493 e. The average Bonchev–Trinajstić information content (AvgIpc) is 2.89. The normalized spacial score (nSPS) is 11.2. The molecular formula is C33H52O2. The van der Waals surface area contributed by atoms with Gasteiger partial charge >= 0.3 is 0 Å². The van der Waals surface area contributed by atoms with Crippen molar-refractivity contribution in [2.45, 2.75) is 135 Å². The molecule has 0 saturated carbocycles. The van der Waals surface area contributed by atoms with Crippen LogP contribution in [-0.4, -0.2) is 12.9 Å². The van der Waals surface area contributed by atoms with E-state index in [4.69, 9.17) is 4.74 Å². The molecule has 2 heteroatoms. The minimum absolute atomic E-state index is 0.677. The van der Waals surface area contributed by atoms with Gasteiger partial charge in [0, 0.05) is 0 Å². The van der Waals surface area contributed by atoms with E-state index in [0.717, 1.165) is 29.2 Å². The van der Waals surface area contributed by atoms with Gasteiger partial charge in [-0.05, 0) is 23.3 Å². The van der Waals surface area contributed by atoms with Gasteiger partial charge in [-0.15, -0.1) is 0 Å². The quantitative estimate of drug-likeness (QED) is 0.117. The van der Waals surface area contributed by atoms with Crippen LogP contribution < -0.4 is 4.74 Å². The Labute approximate surface area is 216 Å². The maximum Gasteiger partial charge on any atom is 0.154 e. The molecule has 0 saturated heterocycles. The van der Waals surface area contributed by atoms with Crippen molar-refractivity contribution in [2.24, 2.45) is 0 Å². The molecule has 0 aliphatic rings. The first-order valence-electron chi connectivity index (χ1n) is 15.0. The number of carbonyl (C=O) groups excluding carboxylic acids is 1. The molecule has 196 valence electrons. The van der Waals surface area contributed by atoms with E-state index in [9.17, 15) is 4.79 Å². The number of carbonyl (C=O) groups is 1. The molecule has 0 aliphatic carbocycles. The zero-order chi connectivity index (χ0) is 24.8. The SMILES string of the molecule is CCCCCCCCCCCCCCCCCCCCCCOc1ccc2ccccc2c1C=O. The van der Waals surface area contributed by atoms with Crippen LogP contribution in [0.25, 0.3) is 10.8 Å². The first-order chi connectivity index (χ1) is 17.4. The smallest absolute Gasteiger partial charge is 0.154 e. The predicted molar refractivity (Wildman–Crippen MR) is 153 cm³/mol. The Morgan fingerprint density at radius 2 is 1.03 bits per heavy atom. The van der Waals surface area contributed by atoms with E-state index in [1.54, 1.807) is 0 Å². The molecule has 0 radical (unpaired) electrons. The summed E-state index contributed by atoms with van der Waals surface area (Å²) in [7, 11) is 0. The molecule has 0 atom stereocenters. The summed E-state index contributed by atoms with van der Waals surface area (Å²) in [5.74, 6) is 0.719. The lowest BCUT2D eigenvalue weighted by molar-refractivity contribution is 0.112. The number of hydrogen-bond donors (Lipinski definition) is 0. The fourth-order valence-electron chi connectivity index (χ4n) is 5.06. The number of hydrogen-bond acceptors (Lipinski definition) is 2. The van der Waals surface area contributed by atoms with Crippen molar-refractivity contribution in [1.29, 1.82) is 0 Å². The summed E-state index contributed by atoms with van der Waals surface area (Å²) in [4.78, 5) is 11.6. The van der Waals surface area contributed by atoms with Gasteiger partial charge in [0.15, 0.2) is 6.29 Å². The van der Waals surface area contributed by atoms with Crippen LogP contribution in [0.4, 0.5) is 0 Å². The highest BCUT2D eigenvalue weighted by atomic mass is 16.5. The Balaban J connectivity index is 1.34. The number of rotatable bonds is 23. The highest BCUT2D eigenvalue weighted by Crippen LogP contribution is 2.27. The molecule has 0 heterocycles. The van der Waals surface area contributed by atoms with Crippen molar-refractivity contribution in [2.75, 3.05) is 6.61 Å². The fourth-order valence-corrected chi connectivity index (χ4v) is 5.06. The van der Waals surface area contributed by atoms with Crippen molar-refractivity contribution in [3.05, 3.63) is 42.0 Å². The molecule has 2 aromatic rings. The monoisotopic (exact) mass is 480 g/mol. The highest BCUT2D eigenvalue weighted by Gasteiger charge is 2.07. The Bertz CT molecular complexity index is 782. The van der Waals surface area contributed by atoms with Crippen LogP contribution in [0.3, 0.4) is 0 Å². The second-order valence-corrected chi connectivity index (χ2v) is 10.4. The standard InChI is InChI=1S/C33H52O2/c1-2-3-4-5-6-7-8-9-10-11-12-13-14-15-16-17-18-19-20-23-28-35-33-27-26-30-24-21-22-25-31(30)32(33)29-34/h21-22,24-27,29H,2-20,23,28H2,1H3. The third kappa shape index (κ3) is 13.2. The van der Waals surface area contributed by atoms with E-state index >= 15 is 0 Å². The van der Waals surface area contributed by atoms with Crippen LogP contribution in [-0.2, 0) is 0 Å². The maximum absolute atomic E-state index is 11.6. The predicted octanol–water partition coefficient (Wildman–Crippen LogP) is 10.9. The number of fused-ring (bicyclic) bond motifs is 1. The molecule has 2 aromatic carbocycles. The second-order valence-electron chi connectivity index (χ2n) is 10.4. The molecule has 0 bridgehead atoms. The highest BCUT2D eigenvalue weighted by molar-refractivity contribution is 6.00. The Morgan fingerprint density at radius 3 is 1.51 bits per heavy atom. The van der Waals surface area contributed by atoms with E-state index in [1.165, 1.54) is 122 Å². The van der Waals surface area contributed by atoms with E-state index in [0.29, 0.717) is 12.2 Å². The van der Waals surface area contributed by atoms with Crippen molar-refractivity contribution in [3.8, 4) is 5.75 Å². The van der Waals surface area contributed by atoms with Crippen molar-refractivity contribution in [1.82, 2.24) is 0 Å². The molecule has 2 rings (SSSR count). The molecule has 0 aromatic heterocycles. The Kier molecular flexibility index (Phi) is 17.1. The molecule has 2 nitrogen and oxygen atoms in total. The number of ether oxygens (including phenoxy) is 1. The third-order valence-corrected chi connectivity index (χ3v) is 7.30. The van der Waals surface area contributed by atoms with Gasteiger partial charge in [0.2, 0.25) is 0 Å². The van der Waals surface area contributed by atoms with Crippen LogP contribution in [0.5, 0.6) is 5.75 Å². The van der Waals surface area contributed by atoms with Crippen LogP contribution in [0.1, 0.15) is 146 Å². The lowest BCUT2D eigenvalue weighted by atomic mass is 10.0. The molecule has 0 aliphatic heterocycles. The third-order valence-electron chi connectivity index (χ3n) is 7.30. The number of benzene rings is 2. The Hall–Kier alpha value is -1.83. The molecule has 0 fully saturated rings. The van der Waals surface area contributed by atoms with Crippen LogP contribution in [0.15, 0.2) is 36.4 Å². The Morgan fingerprint density at radius 1 is 0.571 bits per heavy atom. The first-order valence-corrected chi connectivity index (χ1v) is 15.0. The van der Waals surface area contributed by atoms with Gasteiger partial charge in [-0.1, -0.05) is 159 Å². The van der Waals surface area contributed by atoms with Crippen LogP contribution in [0, 0.1) is 0 Å². The molecule has 0 amide bonds. The summed E-state index contributed by atoms with van der Waals surface area (Å²) in [5.41, 5.74) is 0.677. The second kappa shape index (κ2) is 20.4. The van der Waals surface area contributed by atoms with Crippen molar-refractivity contribution in [3.63, 3.8) is 0 Å². The van der Waals surface area contributed by atoms with Crippen molar-refractivity contribution < 1.29 is 9.53 Å². The van der Waals surface area contributed by atoms with E-state index in [2.05, 4.69) is 6.92 Å². The van der Waals surface area contributed by atoms with Crippen molar-refractivity contribution >= 4 is 17.1 Å². The fraction of sp³-hybridized carbons (Fsp3) is 0.667. The van der Waals surface area contributed by atoms with Crippen LogP contribution >= 0.6 is 0 Å². The van der Waals surface area contributed by atoms with Gasteiger partial charge in [-0.3, -0.25) is 4.79 Å². The molecular weight excluding hydrogens is 428 g/mol. The molecule has 0 spiro atoms. The minimum Gasteiger partial charge on any atom is -0.493 e. The van der Waals surface area contributed by atoms with E-state index in [-0.39, 0.29) is 0 Å². The van der Waals surface area contributed by atoms with Gasteiger partial charge in [0.1, 0.15) is 5.75 Å². The summed E-state index contributed by atoms with van der Waals surface area (Å²) >= 11 is 0. The molecule has 0 unspecified atom stereocenters. The van der Waals surface area contributed by atoms with Crippen LogP contribution in [0.2, 0.25) is 0 Å². The molecule has 0 N–H and O–H groups in total. The topological polar surface area (TPSA) is 26.3 Å². The number of aldehydes is 1. The number of unbranched alkanes of at least 4 members (excludes halogenated alkanes) is 19. The van der Waals surface area contributed by atoms with Gasteiger partial charge in [-0.25, -0.2) is 0 Å². The lowest BCUT2D eigenvalue weighted by Crippen LogP contribution is -2.00. The van der Waals surface area contributed by atoms with E-state index < -0.39 is 0 Å². The van der Waals surface area contributed by atoms with Gasteiger partial charge in [0.25, 0.3) is 0 Å². The zero-order valence-corrected chi connectivity index (χ0v) is 22.7. The van der Waals surface area contributed by atoms with Gasteiger partial charge in [-0.2, -0.15) is 0 Å². The summed E-state index contributed by atoms with van der Waals surface area (Å²) in [6.07, 6.45) is 28.7. The first kappa shape index (κ1) is 29.4. The zero-order valence-electron chi connectivity index (χ0n) is 22.7. The maximum atomic E-state index is 11.6. The summed E-state index contributed by atoms with van der Waals surface area (Å²) in [5, 5.41) is 2.06. The van der Waals surface area contributed by atoms with E-state index in [1.807, 2.05) is 36.4 Å². The summed E-state index contributed by atoms with van der Waals surface area (Å²) in [6.45, 7) is 2.99. The lowest BCUT2D eigenvalue weighted by Gasteiger charge is -2.10. The summed E-state index contributed by atoms with van der Waals surface area (Å²) in [6, 6.07) is 12.0. The molecule has 35 heavy (non-hydrogen) atoms. The summed E-state index contributed by atoms with van der Waals surface area (Å²) < 4.78 is 5.94. The van der Waals surface area contributed by atoms with Gasteiger partial charge < -0.3 is 4.74 Å². The van der Waals surface area contributed by atoms with Gasteiger partial charge in [0.05, 0.1) is 12.2 Å².